The summed E-state index contributed by atoms with van der Waals surface area (Å²) in [6.45, 7) is 6.28. The maximum Gasteiger partial charge on any atom is 0.306 e. The quantitative estimate of drug-likeness (QED) is 0.0205. The highest BCUT2D eigenvalue weighted by Gasteiger charge is 2.19. The van der Waals surface area contributed by atoms with Crippen molar-refractivity contribution in [2.45, 2.75) is 194 Å². The Morgan fingerprint density at radius 1 is 0.400 bits per heavy atom. The standard InChI is InChI=1S/C49H80O6/c1-4-7-10-13-16-19-22-25-28-30-33-36-39-42-48(51)54-45-46(55-49(52)43-40-37-34-31-27-24-21-18-15-12-9-6-3)44-53-47(50)41-38-35-32-29-26-23-20-17-14-11-8-5-2/h7,9-10,12-13,16-22,25,28,46H,4-6,8,11,14-15,23-24,26-27,29-45H2,1-3H3/b10-7-,12-9-,16-13-,20-17-,21-18-,22-19-,28-25-. The van der Waals surface area contributed by atoms with Crippen molar-refractivity contribution in [1.82, 2.24) is 0 Å². The van der Waals surface area contributed by atoms with Gasteiger partial charge in [0.2, 0.25) is 0 Å². The highest BCUT2D eigenvalue weighted by Crippen LogP contribution is 2.12. The van der Waals surface area contributed by atoms with Gasteiger partial charge >= 0.3 is 17.9 Å². The largest absolute Gasteiger partial charge is 0.462 e. The SMILES string of the molecule is CC\C=C/C=C\C=C/C=C\CCCCCC(=O)OCC(COC(=O)CCCCCCC/C=C\CCCCC)OC(=O)CCCCCCC/C=C\C/C=C\CC. The van der Waals surface area contributed by atoms with Crippen molar-refractivity contribution in [1.29, 1.82) is 0 Å². The molecule has 1 unspecified atom stereocenters. The summed E-state index contributed by atoms with van der Waals surface area (Å²) in [6, 6.07) is 0. The average Bonchev–Trinajstić information content (AvgIpc) is 3.18. The zero-order valence-corrected chi connectivity index (χ0v) is 35.4. The summed E-state index contributed by atoms with van der Waals surface area (Å²) in [6.07, 6.45) is 54.2. The first-order valence-electron chi connectivity index (χ1n) is 22.1. The average molecular weight is 765 g/mol. The van der Waals surface area contributed by atoms with Crippen LogP contribution in [0.3, 0.4) is 0 Å². The van der Waals surface area contributed by atoms with E-state index in [0.29, 0.717) is 19.3 Å². The number of allylic oxidation sites excluding steroid dienone is 14. The summed E-state index contributed by atoms with van der Waals surface area (Å²) in [4.78, 5) is 37.7. The molecular formula is C49H80O6. The zero-order valence-electron chi connectivity index (χ0n) is 35.4. The minimum Gasteiger partial charge on any atom is -0.462 e. The van der Waals surface area contributed by atoms with E-state index >= 15 is 0 Å². The first-order valence-corrected chi connectivity index (χ1v) is 22.1. The van der Waals surface area contributed by atoms with Gasteiger partial charge in [0.15, 0.2) is 6.10 Å². The zero-order chi connectivity index (χ0) is 40.1. The van der Waals surface area contributed by atoms with Gasteiger partial charge < -0.3 is 14.2 Å². The number of hydrogen-bond donors (Lipinski definition) is 0. The fraction of sp³-hybridized carbons (Fsp3) is 0.653. The molecule has 0 aliphatic carbocycles. The molecule has 0 aliphatic rings. The molecule has 0 saturated carbocycles. The van der Waals surface area contributed by atoms with Crippen LogP contribution in [0.15, 0.2) is 85.1 Å². The Hall–Kier alpha value is -3.41. The van der Waals surface area contributed by atoms with Gasteiger partial charge in [-0.25, -0.2) is 0 Å². The van der Waals surface area contributed by atoms with Crippen molar-refractivity contribution < 1.29 is 28.6 Å². The second-order valence-corrected chi connectivity index (χ2v) is 14.3. The van der Waals surface area contributed by atoms with E-state index < -0.39 is 6.10 Å². The topological polar surface area (TPSA) is 78.9 Å². The predicted molar refractivity (Wildman–Crippen MR) is 233 cm³/mol. The van der Waals surface area contributed by atoms with Gasteiger partial charge in [-0.15, -0.1) is 0 Å². The molecule has 6 nitrogen and oxygen atoms in total. The lowest BCUT2D eigenvalue weighted by atomic mass is 10.1. The number of carbonyl (C=O) groups is 3. The highest BCUT2D eigenvalue weighted by molar-refractivity contribution is 5.71. The Balaban J connectivity index is 4.50. The van der Waals surface area contributed by atoms with Gasteiger partial charge in [0, 0.05) is 19.3 Å². The molecule has 0 spiro atoms. The lowest BCUT2D eigenvalue weighted by Crippen LogP contribution is -2.30. The Labute approximate surface area is 337 Å². The second-order valence-electron chi connectivity index (χ2n) is 14.3. The first kappa shape index (κ1) is 51.6. The highest BCUT2D eigenvalue weighted by atomic mass is 16.6. The fourth-order valence-electron chi connectivity index (χ4n) is 5.66. The Bertz CT molecular complexity index is 1110. The summed E-state index contributed by atoms with van der Waals surface area (Å²) >= 11 is 0. The van der Waals surface area contributed by atoms with Crippen LogP contribution in [0.25, 0.3) is 0 Å². The lowest BCUT2D eigenvalue weighted by molar-refractivity contribution is -0.167. The molecule has 0 bridgehead atoms. The summed E-state index contributed by atoms with van der Waals surface area (Å²) in [5, 5.41) is 0. The van der Waals surface area contributed by atoms with E-state index in [0.717, 1.165) is 116 Å². The predicted octanol–water partition coefficient (Wildman–Crippen LogP) is 14.1. The van der Waals surface area contributed by atoms with Gasteiger partial charge in [-0.05, 0) is 89.9 Å². The van der Waals surface area contributed by atoms with Crippen molar-refractivity contribution in [3.05, 3.63) is 85.1 Å². The van der Waals surface area contributed by atoms with Crippen LogP contribution in [0, 0.1) is 0 Å². The van der Waals surface area contributed by atoms with E-state index in [4.69, 9.17) is 14.2 Å². The molecule has 0 rings (SSSR count). The van der Waals surface area contributed by atoms with E-state index in [1.807, 2.05) is 36.5 Å². The van der Waals surface area contributed by atoms with Crippen LogP contribution < -0.4 is 0 Å². The molecule has 0 fully saturated rings. The van der Waals surface area contributed by atoms with Crippen molar-refractivity contribution in [2.75, 3.05) is 13.2 Å². The van der Waals surface area contributed by atoms with Crippen LogP contribution >= 0.6 is 0 Å². The third-order valence-electron chi connectivity index (χ3n) is 8.96. The molecule has 55 heavy (non-hydrogen) atoms. The molecule has 0 aromatic rings. The normalized spacial score (nSPS) is 12.9. The number of ether oxygens (including phenoxy) is 3. The summed E-state index contributed by atoms with van der Waals surface area (Å²) in [5.74, 6) is -0.975. The molecule has 0 aromatic heterocycles. The van der Waals surface area contributed by atoms with Crippen LogP contribution in [-0.2, 0) is 28.6 Å². The lowest BCUT2D eigenvalue weighted by Gasteiger charge is -2.18. The molecule has 312 valence electrons. The summed E-state index contributed by atoms with van der Waals surface area (Å²) in [5.41, 5.74) is 0. The first-order chi connectivity index (χ1) is 27.0. The minimum absolute atomic E-state index is 0.101. The third-order valence-corrected chi connectivity index (χ3v) is 8.96. The van der Waals surface area contributed by atoms with E-state index in [2.05, 4.69) is 69.4 Å². The minimum atomic E-state index is -0.801. The molecular weight excluding hydrogens is 685 g/mol. The number of carbonyl (C=O) groups excluding carboxylic acids is 3. The fourth-order valence-corrected chi connectivity index (χ4v) is 5.66. The van der Waals surface area contributed by atoms with Gasteiger partial charge in [0.25, 0.3) is 0 Å². The van der Waals surface area contributed by atoms with Crippen molar-refractivity contribution in [2.24, 2.45) is 0 Å². The number of hydrogen-bond acceptors (Lipinski definition) is 6. The van der Waals surface area contributed by atoms with Crippen LogP contribution in [0.5, 0.6) is 0 Å². The number of unbranched alkanes of at least 4 members (excludes halogenated alkanes) is 16. The van der Waals surface area contributed by atoms with Crippen LogP contribution in [-0.4, -0.2) is 37.2 Å². The molecule has 1 atom stereocenters. The molecule has 0 radical (unpaired) electrons. The Kier molecular flexibility index (Phi) is 40.6. The van der Waals surface area contributed by atoms with E-state index in [1.165, 1.54) is 32.1 Å². The molecule has 6 heteroatoms. The summed E-state index contributed by atoms with van der Waals surface area (Å²) in [7, 11) is 0. The molecule has 0 N–H and O–H groups in total. The Morgan fingerprint density at radius 3 is 1.35 bits per heavy atom. The van der Waals surface area contributed by atoms with E-state index in [1.54, 1.807) is 0 Å². The third kappa shape index (κ3) is 41.6. The van der Waals surface area contributed by atoms with Gasteiger partial charge in [-0.1, -0.05) is 164 Å². The van der Waals surface area contributed by atoms with Crippen LogP contribution in [0.4, 0.5) is 0 Å². The van der Waals surface area contributed by atoms with Crippen LogP contribution in [0.2, 0.25) is 0 Å². The summed E-state index contributed by atoms with van der Waals surface area (Å²) < 4.78 is 16.6. The number of rotatable bonds is 38. The monoisotopic (exact) mass is 765 g/mol. The van der Waals surface area contributed by atoms with Gasteiger partial charge in [0.05, 0.1) is 0 Å². The van der Waals surface area contributed by atoms with E-state index in [9.17, 15) is 14.4 Å². The molecule has 0 aliphatic heterocycles. The van der Waals surface area contributed by atoms with Gasteiger partial charge in [0.1, 0.15) is 13.2 Å². The molecule has 0 heterocycles. The van der Waals surface area contributed by atoms with Crippen molar-refractivity contribution in [3.63, 3.8) is 0 Å². The Morgan fingerprint density at radius 2 is 0.800 bits per heavy atom. The second kappa shape index (κ2) is 43.3. The smallest absolute Gasteiger partial charge is 0.306 e. The van der Waals surface area contributed by atoms with E-state index in [-0.39, 0.29) is 31.1 Å². The van der Waals surface area contributed by atoms with Crippen LogP contribution in [0.1, 0.15) is 188 Å². The molecule has 0 aromatic carbocycles. The molecule has 0 saturated heterocycles. The van der Waals surface area contributed by atoms with Gasteiger partial charge in [-0.2, -0.15) is 0 Å². The maximum absolute atomic E-state index is 12.7. The molecule has 0 amide bonds. The van der Waals surface area contributed by atoms with Gasteiger partial charge in [-0.3, -0.25) is 14.4 Å². The van der Waals surface area contributed by atoms with Crippen molar-refractivity contribution in [3.8, 4) is 0 Å². The van der Waals surface area contributed by atoms with Crippen molar-refractivity contribution >= 4 is 17.9 Å². The maximum atomic E-state index is 12.7. The number of esters is 3.